The zero-order chi connectivity index (χ0) is 12.3. The van der Waals surface area contributed by atoms with E-state index < -0.39 is 0 Å². The number of nitrogens with zero attached hydrogens (tertiary/aromatic N) is 1. The summed E-state index contributed by atoms with van der Waals surface area (Å²) in [7, 11) is 0. The summed E-state index contributed by atoms with van der Waals surface area (Å²) in [5.41, 5.74) is 0.444. The fourth-order valence-corrected chi connectivity index (χ4v) is 3.40. The second-order valence-corrected chi connectivity index (χ2v) is 5.48. The molecule has 1 aromatic rings. The number of aliphatic hydroxyl groups excluding tert-OH is 1. The van der Waals surface area contributed by atoms with Crippen LogP contribution in [0.3, 0.4) is 0 Å². The van der Waals surface area contributed by atoms with E-state index in [2.05, 4.69) is 6.92 Å². The third-order valence-corrected chi connectivity index (χ3v) is 4.30. The lowest BCUT2D eigenvalue weighted by Gasteiger charge is -2.37. The first-order valence-electron chi connectivity index (χ1n) is 6.18. The van der Waals surface area contributed by atoms with Crippen molar-refractivity contribution in [3.05, 3.63) is 22.4 Å². The Morgan fingerprint density at radius 2 is 2.47 bits per heavy atom. The molecular weight excluding hydrogens is 234 g/mol. The summed E-state index contributed by atoms with van der Waals surface area (Å²) in [6, 6.07) is 1.86. The summed E-state index contributed by atoms with van der Waals surface area (Å²) in [5, 5.41) is 13.5. The van der Waals surface area contributed by atoms with E-state index in [1.165, 1.54) is 11.3 Å². The number of thiophene rings is 1. The highest BCUT2D eigenvalue weighted by Crippen LogP contribution is 2.34. The molecule has 2 heterocycles. The third kappa shape index (κ3) is 2.24. The first-order chi connectivity index (χ1) is 8.23. The second kappa shape index (κ2) is 5.19. The molecule has 3 nitrogen and oxygen atoms in total. The molecule has 0 bridgehead atoms. The molecule has 0 saturated carbocycles. The molecule has 94 valence electrons. The highest BCUT2D eigenvalue weighted by Gasteiger charge is 2.42. The molecule has 0 spiro atoms. The Morgan fingerprint density at radius 3 is 3.06 bits per heavy atom. The molecule has 1 saturated heterocycles. The maximum atomic E-state index is 12.4. The first kappa shape index (κ1) is 12.6. The third-order valence-electron chi connectivity index (χ3n) is 3.62. The minimum Gasteiger partial charge on any atom is -0.394 e. The van der Waals surface area contributed by atoms with Crippen molar-refractivity contribution in [1.82, 2.24) is 4.90 Å². The second-order valence-electron chi connectivity index (χ2n) is 4.70. The topological polar surface area (TPSA) is 40.5 Å². The van der Waals surface area contributed by atoms with Gasteiger partial charge in [0.2, 0.25) is 0 Å². The SMILES string of the molecule is CCC[C@]1(CO)CCCN1C(=O)c1ccsc1. The van der Waals surface area contributed by atoms with Gasteiger partial charge in [-0.1, -0.05) is 13.3 Å². The lowest BCUT2D eigenvalue weighted by Crippen LogP contribution is -2.49. The molecule has 2 rings (SSSR count). The van der Waals surface area contributed by atoms with Crippen LogP contribution in [-0.4, -0.2) is 34.6 Å². The molecule has 4 heteroatoms. The lowest BCUT2D eigenvalue weighted by atomic mass is 9.91. The van der Waals surface area contributed by atoms with E-state index in [1.807, 2.05) is 21.7 Å². The molecule has 1 aliphatic rings. The minimum absolute atomic E-state index is 0.0752. The number of hydrogen-bond donors (Lipinski definition) is 1. The summed E-state index contributed by atoms with van der Waals surface area (Å²) in [5.74, 6) is 0.0752. The molecule has 1 aliphatic heterocycles. The first-order valence-corrected chi connectivity index (χ1v) is 7.13. The van der Waals surface area contributed by atoms with Crippen LogP contribution in [0.5, 0.6) is 0 Å². The Hall–Kier alpha value is -0.870. The van der Waals surface area contributed by atoms with Crippen LogP contribution in [0, 0.1) is 0 Å². The Labute approximate surface area is 106 Å². The van der Waals surface area contributed by atoms with E-state index in [4.69, 9.17) is 0 Å². The van der Waals surface area contributed by atoms with E-state index >= 15 is 0 Å². The highest BCUT2D eigenvalue weighted by atomic mass is 32.1. The summed E-state index contributed by atoms with van der Waals surface area (Å²) in [6.07, 6.45) is 3.80. The van der Waals surface area contributed by atoms with Crippen LogP contribution in [0.2, 0.25) is 0 Å². The number of carbonyl (C=O) groups is 1. The van der Waals surface area contributed by atoms with Crippen molar-refractivity contribution in [3.8, 4) is 0 Å². The standard InChI is InChI=1S/C13H19NO2S/c1-2-5-13(10-15)6-3-7-14(13)12(16)11-4-8-17-9-11/h4,8-9,15H,2-3,5-7,10H2,1H3/t13-/m1/s1. The van der Waals surface area contributed by atoms with Crippen molar-refractivity contribution in [2.24, 2.45) is 0 Å². The van der Waals surface area contributed by atoms with Crippen LogP contribution in [0.25, 0.3) is 0 Å². The van der Waals surface area contributed by atoms with Crippen LogP contribution in [0.15, 0.2) is 16.8 Å². The average molecular weight is 253 g/mol. The van der Waals surface area contributed by atoms with Crippen LogP contribution in [0.4, 0.5) is 0 Å². The number of carbonyl (C=O) groups excluding carboxylic acids is 1. The summed E-state index contributed by atoms with van der Waals surface area (Å²) in [4.78, 5) is 14.3. The van der Waals surface area contributed by atoms with Gasteiger partial charge in [-0.3, -0.25) is 4.79 Å². The normalized spacial score (nSPS) is 24.2. The van der Waals surface area contributed by atoms with Crippen molar-refractivity contribution in [1.29, 1.82) is 0 Å². The molecular formula is C13H19NO2S. The van der Waals surface area contributed by atoms with Gasteiger partial charge >= 0.3 is 0 Å². The van der Waals surface area contributed by atoms with E-state index in [-0.39, 0.29) is 18.1 Å². The van der Waals surface area contributed by atoms with E-state index in [9.17, 15) is 9.90 Å². The smallest absolute Gasteiger partial charge is 0.255 e. The van der Waals surface area contributed by atoms with Gasteiger partial charge in [-0.15, -0.1) is 0 Å². The van der Waals surface area contributed by atoms with Gasteiger partial charge in [0.1, 0.15) is 0 Å². The van der Waals surface area contributed by atoms with Crippen molar-refractivity contribution in [3.63, 3.8) is 0 Å². The average Bonchev–Trinajstić information content (AvgIpc) is 2.98. The summed E-state index contributed by atoms with van der Waals surface area (Å²) in [6.45, 7) is 2.95. The number of rotatable bonds is 4. The fraction of sp³-hybridized carbons (Fsp3) is 0.615. The predicted octanol–water partition coefficient (Wildman–Crippen LogP) is 2.52. The molecule has 0 unspecified atom stereocenters. The van der Waals surface area contributed by atoms with Gasteiger partial charge in [0.05, 0.1) is 17.7 Å². The van der Waals surface area contributed by atoms with Crippen molar-refractivity contribution in [2.75, 3.05) is 13.2 Å². The summed E-state index contributed by atoms with van der Waals surface area (Å²) >= 11 is 1.54. The molecule has 1 fully saturated rings. The molecule has 1 aromatic heterocycles. The molecule has 17 heavy (non-hydrogen) atoms. The van der Waals surface area contributed by atoms with Crippen molar-refractivity contribution in [2.45, 2.75) is 38.1 Å². The molecule has 1 amide bonds. The molecule has 0 aliphatic carbocycles. The maximum Gasteiger partial charge on any atom is 0.255 e. The van der Waals surface area contributed by atoms with Gasteiger partial charge in [-0.05, 0) is 30.7 Å². The number of likely N-dealkylation sites (tertiary alicyclic amines) is 1. The summed E-state index contributed by atoms with van der Waals surface area (Å²) < 4.78 is 0. The van der Waals surface area contributed by atoms with Gasteiger partial charge in [0.15, 0.2) is 0 Å². The fourth-order valence-electron chi connectivity index (χ4n) is 2.77. The predicted molar refractivity (Wildman–Crippen MR) is 69.3 cm³/mol. The maximum absolute atomic E-state index is 12.4. The van der Waals surface area contributed by atoms with Crippen LogP contribution >= 0.6 is 11.3 Å². The van der Waals surface area contributed by atoms with Crippen LogP contribution in [-0.2, 0) is 0 Å². The Kier molecular flexibility index (Phi) is 3.84. The molecule has 1 atom stereocenters. The zero-order valence-corrected chi connectivity index (χ0v) is 11.0. The minimum atomic E-state index is -0.312. The lowest BCUT2D eigenvalue weighted by molar-refractivity contribution is 0.0377. The Morgan fingerprint density at radius 1 is 1.65 bits per heavy atom. The molecule has 1 N–H and O–H groups in total. The molecule has 0 radical (unpaired) electrons. The van der Waals surface area contributed by atoms with Crippen LogP contribution in [0.1, 0.15) is 43.0 Å². The van der Waals surface area contributed by atoms with Gasteiger partial charge in [0.25, 0.3) is 5.91 Å². The van der Waals surface area contributed by atoms with Gasteiger partial charge in [-0.25, -0.2) is 0 Å². The Bertz CT molecular complexity index is 377. The largest absolute Gasteiger partial charge is 0.394 e. The zero-order valence-electron chi connectivity index (χ0n) is 10.2. The van der Waals surface area contributed by atoms with E-state index in [0.717, 1.165) is 37.8 Å². The highest BCUT2D eigenvalue weighted by molar-refractivity contribution is 7.08. The number of amides is 1. The Balaban J connectivity index is 2.21. The van der Waals surface area contributed by atoms with E-state index in [1.54, 1.807) is 0 Å². The van der Waals surface area contributed by atoms with Gasteiger partial charge < -0.3 is 10.0 Å². The van der Waals surface area contributed by atoms with Gasteiger partial charge in [-0.2, -0.15) is 11.3 Å². The number of hydrogen-bond acceptors (Lipinski definition) is 3. The van der Waals surface area contributed by atoms with Crippen molar-refractivity contribution < 1.29 is 9.90 Å². The van der Waals surface area contributed by atoms with Gasteiger partial charge in [0, 0.05) is 11.9 Å². The molecule has 0 aromatic carbocycles. The number of aliphatic hydroxyl groups is 1. The monoisotopic (exact) mass is 253 g/mol. The van der Waals surface area contributed by atoms with Crippen molar-refractivity contribution >= 4 is 17.2 Å². The van der Waals surface area contributed by atoms with E-state index in [0.29, 0.717) is 0 Å². The quantitative estimate of drug-likeness (QED) is 0.895. The van der Waals surface area contributed by atoms with Crippen LogP contribution < -0.4 is 0 Å².